The van der Waals surface area contributed by atoms with E-state index in [0.29, 0.717) is 5.16 Å². The van der Waals surface area contributed by atoms with Crippen molar-refractivity contribution < 1.29 is 0 Å². The van der Waals surface area contributed by atoms with Gasteiger partial charge in [0.2, 0.25) is 5.16 Å². The molecule has 0 fully saturated rings. The van der Waals surface area contributed by atoms with Gasteiger partial charge in [-0.1, -0.05) is 20.8 Å². The summed E-state index contributed by atoms with van der Waals surface area (Å²) in [7, 11) is 1.79. The number of nitrogens with zero attached hydrogens (tertiary/aromatic N) is 6. The van der Waals surface area contributed by atoms with E-state index >= 15 is 0 Å². The maximum atomic E-state index is 4.53. The normalized spacial score (nSPS) is 11.8. The minimum atomic E-state index is -0.1000. The number of aryl methyl sites for hydroxylation is 1. The molecule has 8 heteroatoms. The molecule has 0 aliphatic rings. The van der Waals surface area contributed by atoms with Crippen LogP contribution >= 0.6 is 27.7 Å². The Morgan fingerprint density at radius 1 is 1.28 bits per heavy atom. The lowest BCUT2D eigenvalue weighted by Crippen LogP contribution is -2.16. The fraction of sp³-hybridized carbons (Fsp3) is 0.500. The minimum absolute atomic E-state index is 0.1000. The topological polar surface area (TPSA) is 69.4 Å². The van der Waals surface area contributed by atoms with E-state index in [9.17, 15) is 0 Å². The van der Waals surface area contributed by atoms with Crippen LogP contribution in [0.15, 0.2) is 20.9 Å². The van der Waals surface area contributed by atoms with Crippen LogP contribution in [0.3, 0.4) is 0 Å². The third-order valence-corrected chi connectivity index (χ3v) is 3.47. The Labute approximate surface area is 118 Å². The maximum Gasteiger partial charge on any atom is 0.215 e. The number of aromatic nitrogens is 6. The Bertz CT molecular complexity index is 562. The molecule has 2 rings (SSSR count). The van der Waals surface area contributed by atoms with Crippen molar-refractivity contribution in [1.82, 2.24) is 30.2 Å². The molecule has 96 valence electrons. The Morgan fingerprint density at radius 3 is 2.56 bits per heavy atom. The van der Waals surface area contributed by atoms with Gasteiger partial charge in [0.15, 0.2) is 0 Å². The quantitative estimate of drug-likeness (QED) is 0.787. The molecule has 0 saturated heterocycles. The highest BCUT2D eigenvalue weighted by Gasteiger charge is 2.19. The van der Waals surface area contributed by atoms with Gasteiger partial charge >= 0.3 is 0 Å². The molecule has 2 aromatic heterocycles. The summed E-state index contributed by atoms with van der Waals surface area (Å²) in [6.07, 6.45) is 0. The average molecular weight is 329 g/mol. The van der Waals surface area contributed by atoms with Gasteiger partial charge in [0.05, 0.1) is 0 Å². The summed E-state index contributed by atoms with van der Waals surface area (Å²) in [5.74, 6) is 0.787. The van der Waals surface area contributed by atoms with Crippen molar-refractivity contribution in [2.75, 3.05) is 0 Å². The van der Waals surface area contributed by atoms with Crippen LogP contribution in [0, 0.1) is 0 Å². The van der Waals surface area contributed by atoms with E-state index in [4.69, 9.17) is 0 Å². The third kappa shape index (κ3) is 3.05. The van der Waals surface area contributed by atoms with E-state index in [1.165, 1.54) is 11.8 Å². The molecule has 0 unspecified atom stereocenters. The first-order valence-electron chi connectivity index (χ1n) is 5.31. The minimum Gasteiger partial charge on any atom is -0.225 e. The zero-order chi connectivity index (χ0) is 13.3. The summed E-state index contributed by atoms with van der Waals surface area (Å²) in [5.41, 5.74) is -0.1000. The first kappa shape index (κ1) is 13.4. The van der Waals surface area contributed by atoms with Crippen molar-refractivity contribution in [3.63, 3.8) is 0 Å². The van der Waals surface area contributed by atoms with E-state index in [1.807, 2.05) is 6.07 Å². The fourth-order valence-electron chi connectivity index (χ4n) is 1.19. The average Bonchev–Trinajstić information content (AvgIpc) is 2.62. The van der Waals surface area contributed by atoms with Crippen LogP contribution in [0.4, 0.5) is 0 Å². The largest absolute Gasteiger partial charge is 0.225 e. The second kappa shape index (κ2) is 4.93. The Kier molecular flexibility index (Phi) is 3.67. The SMILES string of the molecule is Cn1nnnc1Sc1cc(Br)nc(C(C)(C)C)n1. The summed E-state index contributed by atoms with van der Waals surface area (Å²) in [6.45, 7) is 6.23. The molecule has 0 N–H and O–H groups in total. The lowest BCUT2D eigenvalue weighted by Gasteiger charge is -2.17. The second-order valence-electron chi connectivity index (χ2n) is 4.79. The van der Waals surface area contributed by atoms with Gasteiger partial charge in [-0.25, -0.2) is 14.6 Å². The number of tetrazole rings is 1. The molecule has 0 spiro atoms. The second-order valence-corrected chi connectivity index (χ2v) is 6.59. The molecule has 0 amide bonds. The van der Waals surface area contributed by atoms with Crippen LogP contribution in [0.2, 0.25) is 0 Å². The highest BCUT2D eigenvalue weighted by Crippen LogP contribution is 2.28. The van der Waals surface area contributed by atoms with Gasteiger partial charge in [-0.15, -0.1) is 5.10 Å². The third-order valence-electron chi connectivity index (χ3n) is 2.12. The highest BCUT2D eigenvalue weighted by molar-refractivity contribution is 9.10. The Morgan fingerprint density at radius 2 is 2.00 bits per heavy atom. The number of hydrogen-bond acceptors (Lipinski definition) is 6. The molecule has 18 heavy (non-hydrogen) atoms. The van der Waals surface area contributed by atoms with Crippen LogP contribution in [-0.2, 0) is 12.5 Å². The summed E-state index contributed by atoms with van der Waals surface area (Å²) in [6, 6.07) is 1.86. The lowest BCUT2D eigenvalue weighted by atomic mass is 9.96. The van der Waals surface area contributed by atoms with Gasteiger partial charge < -0.3 is 0 Å². The monoisotopic (exact) mass is 328 g/mol. The standard InChI is InChI=1S/C10H13BrN6S/c1-10(2,3)8-12-6(11)5-7(13-8)18-9-14-15-16-17(9)4/h5H,1-4H3. The van der Waals surface area contributed by atoms with Gasteiger partial charge in [-0.05, 0) is 38.1 Å². The first-order chi connectivity index (χ1) is 8.36. The van der Waals surface area contributed by atoms with Crippen LogP contribution in [0.1, 0.15) is 26.6 Å². The molecule has 6 nitrogen and oxygen atoms in total. The highest BCUT2D eigenvalue weighted by atomic mass is 79.9. The Balaban J connectivity index is 2.35. The zero-order valence-electron chi connectivity index (χ0n) is 10.5. The van der Waals surface area contributed by atoms with Crippen LogP contribution in [-0.4, -0.2) is 30.2 Å². The first-order valence-corrected chi connectivity index (χ1v) is 6.92. The van der Waals surface area contributed by atoms with E-state index in [0.717, 1.165) is 15.5 Å². The zero-order valence-corrected chi connectivity index (χ0v) is 12.9. The van der Waals surface area contributed by atoms with Gasteiger partial charge in [0.25, 0.3) is 0 Å². The van der Waals surface area contributed by atoms with Crippen molar-refractivity contribution in [1.29, 1.82) is 0 Å². The molecule has 0 bridgehead atoms. The van der Waals surface area contributed by atoms with Gasteiger partial charge in [0.1, 0.15) is 15.5 Å². The summed E-state index contributed by atoms with van der Waals surface area (Å²) in [5, 5.41) is 12.8. The molecule has 0 aliphatic heterocycles. The molecular weight excluding hydrogens is 316 g/mol. The smallest absolute Gasteiger partial charge is 0.215 e. The number of rotatable bonds is 2. The van der Waals surface area contributed by atoms with Crippen LogP contribution in [0.5, 0.6) is 0 Å². The van der Waals surface area contributed by atoms with Crippen molar-refractivity contribution in [2.45, 2.75) is 36.4 Å². The van der Waals surface area contributed by atoms with Crippen molar-refractivity contribution in [3.8, 4) is 0 Å². The fourth-order valence-corrected chi connectivity index (χ4v) is 2.46. The predicted octanol–water partition coefficient (Wildman–Crippen LogP) is 2.21. The molecule has 0 atom stereocenters. The summed E-state index contributed by atoms with van der Waals surface area (Å²) in [4.78, 5) is 8.92. The van der Waals surface area contributed by atoms with E-state index in [1.54, 1.807) is 11.7 Å². The molecule has 0 aromatic carbocycles. The Hall–Kier alpha value is -1.02. The molecule has 0 aliphatic carbocycles. The van der Waals surface area contributed by atoms with E-state index in [-0.39, 0.29) is 5.41 Å². The lowest BCUT2D eigenvalue weighted by molar-refractivity contribution is 0.536. The molecule has 0 saturated carbocycles. The molecule has 0 radical (unpaired) electrons. The molecule has 2 heterocycles. The molecule has 2 aromatic rings. The van der Waals surface area contributed by atoms with Crippen molar-refractivity contribution >= 4 is 27.7 Å². The van der Waals surface area contributed by atoms with Gasteiger partial charge in [-0.2, -0.15) is 0 Å². The van der Waals surface area contributed by atoms with Crippen molar-refractivity contribution in [3.05, 3.63) is 16.5 Å². The van der Waals surface area contributed by atoms with Gasteiger partial charge in [-0.3, -0.25) is 0 Å². The predicted molar refractivity (Wildman–Crippen MR) is 71.4 cm³/mol. The van der Waals surface area contributed by atoms with Gasteiger partial charge in [0, 0.05) is 18.5 Å². The van der Waals surface area contributed by atoms with E-state index < -0.39 is 0 Å². The van der Waals surface area contributed by atoms with Crippen LogP contribution in [0.25, 0.3) is 0 Å². The summed E-state index contributed by atoms with van der Waals surface area (Å²) >= 11 is 4.82. The molecular formula is C10H13BrN6S. The van der Waals surface area contributed by atoms with Crippen LogP contribution < -0.4 is 0 Å². The van der Waals surface area contributed by atoms with E-state index in [2.05, 4.69) is 62.2 Å². The van der Waals surface area contributed by atoms with Crippen molar-refractivity contribution in [2.24, 2.45) is 7.05 Å². The number of halogens is 1. The summed E-state index contributed by atoms with van der Waals surface area (Å²) < 4.78 is 2.37. The maximum absolute atomic E-state index is 4.53. The number of hydrogen-bond donors (Lipinski definition) is 0.